The Kier molecular flexibility index (Phi) is 5.25. The number of carbonyl (C=O) groups is 2. The fourth-order valence-corrected chi connectivity index (χ4v) is 3.88. The van der Waals surface area contributed by atoms with Crippen molar-refractivity contribution in [3.63, 3.8) is 0 Å². The van der Waals surface area contributed by atoms with Crippen LogP contribution in [0.25, 0.3) is 0 Å². The molecule has 1 amide bonds. The van der Waals surface area contributed by atoms with Crippen LogP contribution in [-0.2, 0) is 9.59 Å². The van der Waals surface area contributed by atoms with E-state index in [0.717, 1.165) is 45.2 Å². The topological polar surface area (TPSA) is 69.6 Å². The summed E-state index contributed by atoms with van der Waals surface area (Å²) in [7, 11) is 0. The van der Waals surface area contributed by atoms with Crippen LogP contribution in [0.3, 0.4) is 0 Å². The molecule has 2 fully saturated rings. The minimum absolute atomic E-state index is 0.0881. The molecule has 5 heteroatoms. The molecule has 5 nitrogen and oxygen atoms in total. The molecule has 0 radical (unpaired) electrons. The highest BCUT2D eigenvalue weighted by molar-refractivity contribution is 5.88. The Morgan fingerprint density at radius 2 is 2.00 bits per heavy atom. The summed E-state index contributed by atoms with van der Waals surface area (Å²) in [6.45, 7) is 6.48. The lowest BCUT2D eigenvalue weighted by Gasteiger charge is -2.44. The Morgan fingerprint density at radius 3 is 2.57 bits per heavy atom. The van der Waals surface area contributed by atoms with Gasteiger partial charge in [0, 0.05) is 6.54 Å². The molecule has 0 spiro atoms. The number of hydrogen-bond acceptors (Lipinski definition) is 3. The predicted molar refractivity (Wildman–Crippen MR) is 81.0 cm³/mol. The lowest BCUT2D eigenvalue weighted by molar-refractivity contribution is -0.159. The SMILES string of the molecule is CCCC1(C(=O)N2CCC(C)CC2C(=O)O)CCNCC1. The van der Waals surface area contributed by atoms with E-state index >= 15 is 0 Å². The average Bonchev–Trinajstić information content (AvgIpc) is 2.47. The Balaban J connectivity index is 2.20. The first-order chi connectivity index (χ1) is 10.00. The van der Waals surface area contributed by atoms with Gasteiger partial charge in [-0.05, 0) is 51.1 Å². The van der Waals surface area contributed by atoms with Crippen LogP contribution < -0.4 is 5.32 Å². The number of aliphatic carboxylic acids is 1. The number of likely N-dealkylation sites (tertiary alicyclic amines) is 1. The maximum absolute atomic E-state index is 13.1. The van der Waals surface area contributed by atoms with Crippen molar-refractivity contribution in [1.82, 2.24) is 10.2 Å². The fourth-order valence-electron chi connectivity index (χ4n) is 3.88. The first-order valence-electron chi connectivity index (χ1n) is 8.25. The zero-order valence-electron chi connectivity index (χ0n) is 13.2. The summed E-state index contributed by atoms with van der Waals surface area (Å²) in [5.74, 6) is -0.383. The standard InChI is InChI=1S/C16H28N2O3/c1-3-5-16(6-8-17-9-7-16)15(21)18-10-4-12(2)11-13(18)14(19)20/h12-13,17H,3-11H2,1-2H3,(H,19,20). The quantitative estimate of drug-likeness (QED) is 0.831. The summed E-state index contributed by atoms with van der Waals surface area (Å²) in [6.07, 6.45) is 4.99. The molecule has 0 bridgehead atoms. The summed E-state index contributed by atoms with van der Waals surface area (Å²) in [4.78, 5) is 26.3. The van der Waals surface area contributed by atoms with E-state index in [9.17, 15) is 14.7 Å². The summed E-state index contributed by atoms with van der Waals surface area (Å²) >= 11 is 0. The average molecular weight is 296 g/mol. The Hall–Kier alpha value is -1.10. The van der Waals surface area contributed by atoms with Gasteiger partial charge in [0.1, 0.15) is 6.04 Å². The molecule has 2 saturated heterocycles. The van der Waals surface area contributed by atoms with Crippen molar-refractivity contribution in [2.75, 3.05) is 19.6 Å². The molecule has 2 N–H and O–H groups in total. The van der Waals surface area contributed by atoms with E-state index in [-0.39, 0.29) is 11.3 Å². The van der Waals surface area contributed by atoms with Gasteiger partial charge in [0.25, 0.3) is 0 Å². The van der Waals surface area contributed by atoms with Crippen LogP contribution in [0.15, 0.2) is 0 Å². The lowest BCUT2D eigenvalue weighted by Crippen LogP contribution is -2.56. The van der Waals surface area contributed by atoms with E-state index in [1.165, 1.54) is 0 Å². The van der Waals surface area contributed by atoms with Gasteiger partial charge in [-0.3, -0.25) is 4.79 Å². The molecule has 0 saturated carbocycles. The number of rotatable bonds is 4. The van der Waals surface area contributed by atoms with E-state index in [2.05, 4.69) is 19.2 Å². The molecule has 120 valence electrons. The van der Waals surface area contributed by atoms with Crippen LogP contribution in [0.1, 0.15) is 52.4 Å². The molecular weight excluding hydrogens is 268 g/mol. The molecular formula is C16H28N2O3. The third-order valence-electron chi connectivity index (χ3n) is 5.15. The van der Waals surface area contributed by atoms with Crippen LogP contribution in [0.2, 0.25) is 0 Å². The minimum atomic E-state index is -0.851. The number of carbonyl (C=O) groups excluding carboxylic acids is 1. The molecule has 2 atom stereocenters. The van der Waals surface area contributed by atoms with Crippen molar-refractivity contribution in [1.29, 1.82) is 0 Å². The number of piperidine rings is 2. The molecule has 2 aliphatic rings. The number of nitrogens with zero attached hydrogens (tertiary/aromatic N) is 1. The highest BCUT2D eigenvalue weighted by Crippen LogP contribution is 2.38. The maximum Gasteiger partial charge on any atom is 0.326 e. The highest BCUT2D eigenvalue weighted by Gasteiger charge is 2.45. The third kappa shape index (κ3) is 3.39. The van der Waals surface area contributed by atoms with E-state index < -0.39 is 12.0 Å². The molecule has 0 aromatic heterocycles. The molecule has 21 heavy (non-hydrogen) atoms. The van der Waals surface area contributed by atoms with E-state index in [1.54, 1.807) is 4.90 Å². The van der Waals surface area contributed by atoms with Gasteiger partial charge in [-0.2, -0.15) is 0 Å². The normalized spacial score (nSPS) is 29.1. The van der Waals surface area contributed by atoms with E-state index in [0.29, 0.717) is 18.9 Å². The van der Waals surface area contributed by atoms with E-state index in [1.807, 2.05) is 0 Å². The van der Waals surface area contributed by atoms with E-state index in [4.69, 9.17) is 0 Å². The van der Waals surface area contributed by atoms with Crippen LogP contribution >= 0.6 is 0 Å². The molecule has 2 unspecified atom stereocenters. The second-order valence-electron chi connectivity index (χ2n) is 6.76. The Labute approximate surface area is 127 Å². The minimum Gasteiger partial charge on any atom is -0.480 e. The summed E-state index contributed by atoms with van der Waals surface area (Å²) in [6, 6.07) is -0.634. The number of hydrogen-bond donors (Lipinski definition) is 2. The van der Waals surface area contributed by atoms with Crippen LogP contribution in [0, 0.1) is 11.3 Å². The summed E-state index contributed by atoms with van der Waals surface area (Å²) < 4.78 is 0. The van der Waals surface area contributed by atoms with Gasteiger partial charge >= 0.3 is 5.97 Å². The van der Waals surface area contributed by atoms with Gasteiger partial charge in [-0.15, -0.1) is 0 Å². The highest BCUT2D eigenvalue weighted by atomic mass is 16.4. The molecule has 2 aliphatic heterocycles. The van der Waals surface area contributed by atoms with Crippen LogP contribution in [0.5, 0.6) is 0 Å². The zero-order chi connectivity index (χ0) is 15.5. The predicted octanol–water partition coefficient (Wildman–Crippen LogP) is 1.87. The van der Waals surface area contributed by atoms with Crippen molar-refractivity contribution in [3.8, 4) is 0 Å². The zero-order valence-corrected chi connectivity index (χ0v) is 13.2. The van der Waals surface area contributed by atoms with Gasteiger partial charge in [-0.1, -0.05) is 20.3 Å². The van der Waals surface area contributed by atoms with Gasteiger partial charge in [0.2, 0.25) is 5.91 Å². The second-order valence-corrected chi connectivity index (χ2v) is 6.76. The Bertz CT molecular complexity index is 385. The van der Waals surface area contributed by atoms with Gasteiger partial charge < -0.3 is 15.3 Å². The Morgan fingerprint density at radius 1 is 1.33 bits per heavy atom. The third-order valence-corrected chi connectivity index (χ3v) is 5.15. The number of carboxylic acid groups (broad SMARTS) is 1. The van der Waals surface area contributed by atoms with Gasteiger partial charge in [0.05, 0.1) is 5.41 Å². The van der Waals surface area contributed by atoms with Crippen molar-refractivity contribution in [2.45, 2.75) is 58.4 Å². The second kappa shape index (κ2) is 6.77. The van der Waals surface area contributed by atoms with Crippen molar-refractivity contribution in [3.05, 3.63) is 0 Å². The first kappa shape index (κ1) is 16.3. The lowest BCUT2D eigenvalue weighted by atomic mass is 9.73. The molecule has 2 rings (SSSR count). The van der Waals surface area contributed by atoms with Gasteiger partial charge in [0.15, 0.2) is 0 Å². The van der Waals surface area contributed by atoms with Crippen molar-refractivity contribution < 1.29 is 14.7 Å². The summed E-state index contributed by atoms with van der Waals surface area (Å²) in [5.41, 5.74) is -0.339. The number of nitrogens with one attached hydrogen (secondary N) is 1. The molecule has 2 heterocycles. The molecule has 0 aromatic carbocycles. The van der Waals surface area contributed by atoms with Crippen LogP contribution in [0.4, 0.5) is 0 Å². The van der Waals surface area contributed by atoms with Gasteiger partial charge in [-0.25, -0.2) is 4.79 Å². The monoisotopic (exact) mass is 296 g/mol. The van der Waals surface area contributed by atoms with Crippen LogP contribution in [-0.4, -0.2) is 47.6 Å². The smallest absolute Gasteiger partial charge is 0.326 e. The molecule has 0 aromatic rings. The fraction of sp³-hybridized carbons (Fsp3) is 0.875. The number of carboxylic acids is 1. The summed E-state index contributed by atoms with van der Waals surface area (Å²) in [5, 5.41) is 12.8. The van der Waals surface area contributed by atoms with Crippen molar-refractivity contribution >= 4 is 11.9 Å². The first-order valence-corrected chi connectivity index (χ1v) is 8.25. The largest absolute Gasteiger partial charge is 0.480 e. The van der Waals surface area contributed by atoms with Crippen molar-refractivity contribution in [2.24, 2.45) is 11.3 Å². The molecule has 0 aliphatic carbocycles. The number of amides is 1. The maximum atomic E-state index is 13.1.